The van der Waals surface area contributed by atoms with E-state index >= 15 is 0 Å². The van der Waals surface area contributed by atoms with Crippen LogP contribution in [0.25, 0.3) is 0 Å². The number of rotatable bonds is 4. The number of aliphatic carboxylic acids is 1. The molecular weight excluding hydrogens is 204 g/mol. The molecule has 0 aromatic carbocycles. The van der Waals surface area contributed by atoms with Crippen LogP contribution in [0.15, 0.2) is 0 Å². The smallest absolute Gasteiger partial charge is 0.321 e. The minimum absolute atomic E-state index is 0.221. The molecule has 1 saturated heterocycles. The first kappa shape index (κ1) is 11.9. The van der Waals surface area contributed by atoms with Gasteiger partial charge in [0.15, 0.2) is 0 Å². The second-order valence-corrected chi connectivity index (χ2v) is 5.09. The third-order valence-corrected chi connectivity index (χ3v) is 3.92. The number of likely N-dealkylation sites (N-methyl/N-ethyl adjacent to an activating group) is 1. The lowest BCUT2D eigenvalue weighted by Gasteiger charge is -2.41. The molecule has 0 aromatic heterocycles. The standard InChI is InChI=1S/C12H22N2O2/c1-3-13-6-7-14(8-9(13)2)11(12(15)16)10-4-5-10/h9-11H,3-8H2,1-2H3,(H,15,16). The van der Waals surface area contributed by atoms with Crippen LogP contribution in [0.5, 0.6) is 0 Å². The van der Waals surface area contributed by atoms with Crippen molar-refractivity contribution in [1.82, 2.24) is 9.80 Å². The fraction of sp³-hybridized carbons (Fsp3) is 0.917. The van der Waals surface area contributed by atoms with Crippen molar-refractivity contribution < 1.29 is 9.90 Å². The predicted octanol–water partition coefficient (Wildman–Crippen LogP) is 0.876. The van der Waals surface area contributed by atoms with Crippen LogP contribution in [0.4, 0.5) is 0 Å². The van der Waals surface area contributed by atoms with Crippen LogP contribution in [-0.2, 0) is 4.79 Å². The fourth-order valence-corrected chi connectivity index (χ4v) is 2.81. The third-order valence-electron chi connectivity index (χ3n) is 3.92. The maximum Gasteiger partial charge on any atom is 0.321 e. The molecule has 4 nitrogen and oxygen atoms in total. The van der Waals surface area contributed by atoms with Gasteiger partial charge in [0.25, 0.3) is 0 Å². The van der Waals surface area contributed by atoms with Gasteiger partial charge in [-0.3, -0.25) is 14.6 Å². The SMILES string of the molecule is CCN1CCN(C(C(=O)O)C2CC2)CC1C. The van der Waals surface area contributed by atoms with E-state index in [2.05, 4.69) is 23.6 Å². The summed E-state index contributed by atoms with van der Waals surface area (Å²) in [5.74, 6) is -0.211. The van der Waals surface area contributed by atoms with Crippen LogP contribution in [0.2, 0.25) is 0 Å². The highest BCUT2D eigenvalue weighted by atomic mass is 16.4. The van der Waals surface area contributed by atoms with Crippen molar-refractivity contribution in [2.24, 2.45) is 5.92 Å². The molecule has 4 heteroatoms. The Morgan fingerprint density at radius 2 is 2.12 bits per heavy atom. The zero-order valence-corrected chi connectivity index (χ0v) is 10.2. The average molecular weight is 226 g/mol. The number of piperazine rings is 1. The maximum absolute atomic E-state index is 11.3. The van der Waals surface area contributed by atoms with Gasteiger partial charge in [-0.25, -0.2) is 0 Å². The molecule has 16 heavy (non-hydrogen) atoms. The van der Waals surface area contributed by atoms with Gasteiger partial charge in [-0.2, -0.15) is 0 Å². The zero-order chi connectivity index (χ0) is 11.7. The Labute approximate surface area is 97.2 Å². The van der Waals surface area contributed by atoms with Gasteiger partial charge in [-0.15, -0.1) is 0 Å². The largest absolute Gasteiger partial charge is 0.480 e. The minimum atomic E-state index is -0.625. The first-order valence-corrected chi connectivity index (χ1v) is 6.34. The highest BCUT2D eigenvalue weighted by Gasteiger charge is 2.41. The van der Waals surface area contributed by atoms with Crippen LogP contribution in [0.3, 0.4) is 0 Å². The van der Waals surface area contributed by atoms with Gasteiger partial charge in [0.1, 0.15) is 6.04 Å². The van der Waals surface area contributed by atoms with Crippen molar-refractivity contribution in [1.29, 1.82) is 0 Å². The van der Waals surface area contributed by atoms with E-state index in [1.54, 1.807) is 0 Å². The molecule has 1 aliphatic carbocycles. The number of nitrogens with zero attached hydrogens (tertiary/aromatic N) is 2. The van der Waals surface area contributed by atoms with E-state index in [1.165, 1.54) is 0 Å². The molecule has 2 rings (SSSR count). The summed E-state index contributed by atoms with van der Waals surface area (Å²) in [6, 6.07) is 0.265. The second-order valence-electron chi connectivity index (χ2n) is 5.09. The van der Waals surface area contributed by atoms with Crippen molar-refractivity contribution >= 4 is 5.97 Å². The molecule has 1 aliphatic heterocycles. The van der Waals surface area contributed by atoms with E-state index < -0.39 is 5.97 Å². The number of carboxylic acids is 1. The highest BCUT2D eigenvalue weighted by molar-refractivity contribution is 5.74. The van der Waals surface area contributed by atoms with E-state index in [9.17, 15) is 9.90 Å². The molecule has 2 aliphatic rings. The Bertz CT molecular complexity index is 266. The van der Waals surface area contributed by atoms with Gasteiger partial charge in [-0.1, -0.05) is 6.92 Å². The van der Waals surface area contributed by atoms with Crippen molar-refractivity contribution in [2.75, 3.05) is 26.2 Å². The molecule has 1 saturated carbocycles. The van der Waals surface area contributed by atoms with Crippen LogP contribution < -0.4 is 0 Å². The van der Waals surface area contributed by atoms with E-state index in [0.29, 0.717) is 12.0 Å². The topological polar surface area (TPSA) is 43.8 Å². The summed E-state index contributed by atoms with van der Waals surface area (Å²) in [5.41, 5.74) is 0. The highest BCUT2D eigenvalue weighted by Crippen LogP contribution is 2.36. The summed E-state index contributed by atoms with van der Waals surface area (Å²) in [4.78, 5) is 15.9. The summed E-state index contributed by atoms with van der Waals surface area (Å²) in [5, 5.41) is 9.29. The monoisotopic (exact) mass is 226 g/mol. The summed E-state index contributed by atoms with van der Waals surface area (Å²) in [6.07, 6.45) is 2.19. The molecule has 92 valence electrons. The fourth-order valence-electron chi connectivity index (χ4n) is 2.81. The van der Waals surface area contributed by atoms with Gasteiger partial charge in [0.2, 0.25) is 0 Å². The molecule has 0 spiro atoms. The Kier molecular flexibility index (Phi) is 3.50. The molecule has 1 heterocycles. The summed E-state index contributed by atoms with van der Waals surface area (Å²) >= 11 is 0. The normalized spacial score (nSPS) is 30.2. The number of carboxylic acid groups (broad SMARTS) is 1. The lowest BCUT2D eigenvalue weighted by atomic mass is 10.1. The summed E-state index contributed by atoms with van der Waals surface area (Å²) in [6.45, 7) is 8.25. The lowest BCUT2D eigenvalue weighted by Crippen LogP contribution is -2.57. The average Bonchev–Trinajstić information content (AvgIpc) is 3.02. The zero-order valence-electron chi connectivity index (χ0n) is 10.2. The molecule has 0 aromatic rings. The van der Waals surface area contributed by atoms with Crippen molar-refractivity contribution in [3.8, 4) is 0 Å². The second kappa shape index (κ2) is 4.72. The molecule has 0 amide bonds. The van der Waals surface area contributed by atoms with Crippen LogP contribution >= 0.6 is 0 Å². The van der Waals surface area contributed by atoms with Gasteiger partial charge >= 0.3 is 5.97 Å². The van der Waals surface area contributed by atoms with Gasteiger partial charge < -0.3 is 5.11 Å². The molecule has 2 fully saturated rings. The van der Waals surface area contributed by atoms with Gasteiger partial charge in [0.05, 0.1) is 0 Å². The molecule has 2 atom stereocenters. The lowest BCUT2D eigenvalue weighted by molar-refractivity contribution is -0.145. The molecule has 1 N–H and O–H groups in total. The van der Waals surface area contributed by atoms with Crippen LogP contribution in [0, 0.1) is 5.92 Å². The number of carbonyl (C=O) groups is 1. The summed E-state index contributed by atoms with van der Waals surface area (Å²) < 4.78 is 0. The first-order chi connectivity index (χ1) is 7.63. The Hall–Kier alpha value is -0.610. The molecule has 2 unspecified atom stereocenters. The number of hydrogen-bond donors (Lipinski definition) is 1. The van der Waals surface area contributed by atoms with Crippen molar-refractivity contribution in [3.05, 3.63) is 0 Å². The number of hydrogen-bond acceptors (Lipinski definition) is 3. The maximum atomic E-state index is 11.3. The van der Waals surface area contributed by atoms with E-state index in [1.807, 2.05) is 0 Å². The molecular formula is C12H22N2O2. The van der Waals surface area contributed by atoms with E-state index in [-0.39, 0.29) is 6.04 Å². The quantitative estimate of drug-likeness (QED) is 0.772. The molecule has 0 bridgehead atoms. The van der Waals surface area contributed by atoms with Crippen LogP contribution in [-0.4, -0.2) is 59.1 Å². The van der Waals surface area contributed by atoms with Gasteiger partial charge in [-0.05, 0) is 32.2 Å². The Balaban J connectivity index is 1.97. The van der Waals surface area contributed by atoms with E-state index in [4.69, 9.17) is 0 Å². The Morgan fingerprint density at radius 1 is 1.44 bits per heavy atom. The van der Waals surface area contributed by atoms with Crippen molar-refractivity contribution in [3.63, 3.8) is 0 Å². The molecule has 0 radical (unpaired) electrons. The van der Waals surface area contributed by atoms with Gasteiger partial charge in [0, 0.05) is 25.7 Å². The minimum Gasteiger partial charge on any atom is -0.480 e. The predicted molar refractivity (Wildman–Crippen MR) is 62.4 cm³/mol. The van der Waals surface area contributed by atoms with Crippen LogP contribution in [0.1, 0.15) is 26.7 Å². The third kappa shape index (κ3) is 2.38. The summed E-state index contributed by atoms with van der Waals surface area (Å²) in [7, 11) is 0. The Morgan fingerprint density at radius 3 is 2.56 bits per heavy atom. The van der Waals surface area contributed by atoms with Crippen molar-refractivity contribution in [2.45, 2.75) is 38.8 Å². The first-order valence-electron chi connectivity index (χ1n) is 6.34. The van der Waals surface area contributed by atoms with E-state index in [0.717, 1.165) is 39.0 Å².